The molecule has 9 heteroatoms. The minimum absolute atomic E-state index is 0.0731. The number of methoxy groups -OCH3 is 1. The normalized spacial score (nSPS) is 21.2. The number of pyridine rings is 1. The highest BCUT2D eigenvalue weighted by atomic mass is 19.3. The first kappa shape index (κ1) is 21.8. The molecule has 1 aromatic carbocycles. The van der Waals surface area contributed by atoms with Crippen molar-refractivity contribution in [1.29, 1.82) is 0 Å². The number of benzene rings is 1. The van der Waals surface area contributed by atoms with Crippen LogP contribution in [0, 0.1) is 5.92 Å². The zero-order chi connectivity index (χ0) is 23.3. The van der Waals surface area contributed by atoms with Gasteiger partial charge in [-0.25, -0.2) is 8.91 Å². The average molecular weight is 460 g/mol. The first-order chi connectivity index (χ1) is 15.8. The molecule has 0 spiro atoms. The average Bonchev–Trinajstić information content (AvgIpc) is 3.28. The van der Waals surface area contributed by atoms with Crippen molar-refractivity contribution in [2.75, 3.05) is 7.11 Å². The van der Waals surface area contributed by atoms with Crippen molar-refractivity contribution < 1.29 is 32.5 Å². The molecular formula is C24H23F3N2O4. The van der Waals surface area contributed by atoms with Crippen molar-refractivity contribution in [1.82, 2.24) is 9.61 Å². The van der Waals surface area contributed by atoms with Crippen LogP contribution in [-0.2, 0) is 5.60 Å². The van der Waals surface area contributed by atoms with Gasteiger partial charge in [0.15, 0.2) is 5.78 Å². The third-order valence-corrected chi connectivity index (χ3v) is 6.61. The molecule has 2 atom stereocenters. The second-order valence-corrected chi connectivity index (χ2v) is 8.76. The zero-order valence-electron chi connectivity index (χ0n) is 17.9. The molecule has 0 radical (unpaired) electrons. The van der Waals surface area contributed by atoms with E-state index in [-0.39, 0.29) is 29.9 Å². The van der Waals surface area contributed by atoms with Gasteiger partial charge in [-0.1, -0.05) is 6.07 Å². The van der Waals surface area contributed by atoms with Gasteiger partial charge in [0.25, 0.3) is 0 Å². The Kier molecular flexibility index (Phi) is 5.31. The summed E-state index contributed by atoms with van der Waals surface area (Å²) in [6.07, 6.45) is 4.82. The van der Waals surface area contributed by atoms with Crippen LogP contribution >= 0.6 is 0 Å². The summed E-state index contributed by atoms with van der Waals surface area (Å²) in [6, 6.07) is 6.55. The van der Waals surface area contributed by atoms with Gasteiger partial charge in [0, 0.05) is 29.7 Å². The lowest BCUT2D eigenvalue weighted by atomic mass is 9.76. The summed E-state index contributed by atoms with van der Waals surface area (Å²) in [4.78, 5) is 12.8. The molecule has 2 aliphatic rings. The molecule has 1 N–H and O–H groups in total. The van der Waals surface area contributed by atoms with E-state index in [4.69, 9.17) is 4.74 Å². The Hall–Kier alpha value is -3.07. The van der Waals surface area contributed by atoms with Crippen LogP contribution in [0.15, 0.2) is 36.7 Å². The SMILES string of the molecule is COc1cc(-c2cnn3cc(C4(O)CCC4)ccc23)cc(OC(F)F)c1C(=O)C[C@@H]1C[C@@H]1F. The molecule has 2 aliphatic carbocycles. The number of hydrogen-bond acceptors (Lipinski definition) is 5. The number of ketones is 1. The minimum atomic E-state index is -3.15. The molecule has 33 heavy (non-hydrogen) atoms. The van der Waals surface area contributed by atoms with Crippen LogP contribution in [0.5, 0.6) is 11.5 Å². The molecule has 0 aliphatic heterocycles. The predicted octanol–water partition coefficient (Wildman–Crippen LogP) is 4.91. The van der Waals surface area contributed by atoms with Crippen LogP contribution in [0.3, 0.4) is 0 Å². The molecule has 0 unspecified atom stereocenters. The van der Waals surface area contributed by atoms with E-state index in [1.165, 1.54) is 13.2 Å². The number of carbonyl (C=O) groups excluding carboxylic acids is 1. The third kappa shape index (κ3) is 3.94. The zero-order valence-corrected chi connectivity index (χ0v) is 17.9. The Bertz CT molecular complexity index is 1220. The number of carbonyl (C=O) groups is 1. The van der Waals surface area contributed by atoms with E-state index in [9.17, 15) is 23.1 Å². The van der Waals surface area contributed by atoms with Gasteiger partial charge in [0.1, 0.15) is 23.2 Å². The van der Waals surface area contributed by atoms with Crippen molar-refractivity contribution >= 4 is 11.3 Å². The molecule has 6 nitrogen and oxygen atoms in total. The number of rotatable bonds is 8. The highest BCUT2D eigenvalue weighted by molar-refractivity contribution is 6.03. The Labute approximate surface area is 187 Å². The predicted molar refractivity (Wildman–Crippen MR) is 114 cm³/mol. The number of fused-ring (bicyclic) bond motifs is 1. The van der Waals surface area contributed by atoms with Gasteiger partial charge in [-0.2, -0.15) is 13.9 Å². The van der Waals surface area contributed by atoms with E-state index >= 15 is 0 Å². The van der Waals surface area contributed by atoms with Crippen LogP contribution < -0.4 is 9.47 Å². The van der Waals surface area contributed by atoms with Gasteiger partial charge in [0.05, 0.1) is 24.4 Å². The molecule has 2 fully saturated rings. The summed E-state index contributed by atoms with van der Waals surface area (Å²) < 4.78 is 51.3. The lowest BCUT2D eigenvalue weighted by molar-refractivity contribution is -0.0502. The van der Waals surface area contributed by atoms with Gasteiger partial charge in [-0.15, -0.1) is 0 Å². The Morgan fingerprint density at radius 2 is 2.03 bits per heavy atom. The summed E-state index contributed by atoms with van der Waals surface area (Å²) >= 11 is 0. The fourth-order valence-electron chi connectivity index (χ4n) is 4.41. The summed E-state index contributed by atoms with van der Waals surface area (Å²) in [6.45, 7) is -3.15. The molecule has 0 saturated heterocycles. The van der Waals surface area contributed by atoms with Gasteiger partial charge in [0.2, 0.25) is 0 Å². The highest BCUT2D eigenvalue weighted by Gasteiger charge is 2.40. The van der Waals surface area contributed by atoms with Gasteiger partial charge >= 0.3 is 6.61 Å². The molecule has 3 aromatic rings. The molecule has 2 heterocycles. The van der Waals surface area contributed by atoms with Gasteiger partial charge in [-0.3, -0.25) is 4.79 Å². The minimum Gasteiger partial charge on any atom is -0.496 e. The van der Waals surface area contributed by atoms with E-state index in [0.717, 1.165) is 12.0 Å². The van der Waals surface area contributed by atoms with E-state index < -0.39 is 30.1 Å². The summed E-state index contributed by atoms with van der Waals surface area (Å²) in [7, 11) is 1.33. The van der Waals surface area contributed by atoms with Gasteiger partial charge < -0.3 is 14.6 Å². The summed E-state index contributed by atoms with van der Waals surface area (Å²) in [5.41, 5.74) is 1.57. The highest BCUT2D eigenvalue weighted by Crippen LogP contribution is 2.43. The topological polar surface area (TPSA) is 73.1 Å². The largest absolute Gasteiger partial charge is 0.496 e. The Morgan fingerprint density at radius 1 is 1.30 bits per heavy atom. The van der Waals surface area contributed by atoms with E-state index in [0.29, 0.717) is 29.5 Å². The quantitative estimate of drug-likeness (QED) is 0.484. The molecule has 0 bridgehead atoms. The molecule has 2 aromatic heterocycles. The molecule has 0 amide bonds. The van der Waals surface area contributed by atoms with Crippen molar-refractivity contribution in [3.05, 3.63) is 47.8 Å². The Balaban J connectivity index is 1.56. The molecule has 2 saturated carbocycles. The van der Waals surface area contributed by atoms with Crippen molar-refractivity contribution in [3.63, 3.8) is 0 Å². The fraction of sp³-hybridized carbons (Fsp3) is 0.417. The first-order valence-electron chi connectivity index (χ1n) is 10.8. The Morgan fingerprint density at radius 3 is 2.64 bits per heavy atom. The lowest BCUT2D eigenvalue weighted by Gasteiger charge is -2.36. The smallest absolute Gasteiger partial charge is 0.387 e. The monoisotopic (exact) mass is 460 g/mol. The van der Waals surface area contributed by atoms with Crippen molar-refractivity contribution in [2.45, 2.75) is 50.5 Å². The fourth-order valence-corrected chi connectivity index (χ4v) is 4.41. The molecule has 5 rings (SSSR count). The number of alkyl halides is 3. The van der Waals surface area contributed by atoms with Crippen LogP contribution in [0.4, 0.5) is 13.2 Å². The second-order valence-electron chi connectivity index (χ2n) is 8.76. The first-order valence-corrected chi connectivity index (χ1v) is 10.8. The summed E-state index contributed by atoms with van der Waals surface area (Å²) in [5, 5.41) is 15.0. The van der Waals surface area contributed by atoms with Crippen molar-refractivity contribution in [3.8, 4) is 22.6 Å². The number of halogens is 3. The van der Waals surface area contributed by atoms with Crippen molar-refractivity contribution in [2.24, 2.45) is 5.92 Å². The van der Waals surface area contributed by atoms with Crippen LogP contribution in [0.25, 0.3) is 16.6 Å². The maximum Gasteiger partial charge on any atom is 0.387 e. The maximum absolute atomic E-state index is 13.3. The number of hydrogen-bond donors (Lipinski definition) is 1. The lowest BCUT2D eigenvalue weighted by Crippen LogP contribution is -2.33. The molecule has 174 valence electrons. The van der Waals surface area contributed by atoms with Crippen LogP contribution in [0.2, 0.25) is 0 Å². The van der Waals surface area contributed by atoms with E-state index in [2.05, 4.69) is 9.84 Å². The van der Waals surface area contributed by atoms with Crippen LogP contribution in [0.1, 0.15) is 48.0 Å². The number of aromatic nitrogens is 2. The standard InChI is InChI=1S/C24H23F3N2O4/c1-32-20-9-13(10-21(33-23(26)27)22(20)19(30)8-14-7-17(14)25)16-11-28-29-12-15(3-4-18(16)29)24(31)5-2-6-24/h3-4,9-12,14,17,23,31H,2,5-8H2,1H3/t14-,17-/m0/s1. The molecular weight excluding hydrogens is 437 g/mol. The number of ether oxygens (including phenoxy) is 2. The number of aliphatic hydroxyl groups is 1. The number of nitrogens with zero attached hydrogens (tertiary/aromatic N) is 2. The summed E-state index contributed by atoms with van der Waals surface area (Å²) in [5.74, 6) is -1.15. The second kappa shape index (κ2) is 8.06. The number of Topliss-reactive ketones (excluding diaryl/α,β-unsaturated/α-hetero) is 1. The van der Waals surface area contributed by atoms with E-state index in [1.54, 1.807) is 23.0 Å². The third-order valence-electron chi connectivity index (χ3n) is 6.61. The van der Waals surface area contributed by atoms with E-state index in [1.807, 2.05) is 12.1 Å². The maximum atomic E-state index is 13.3. The van der Waals surface area contributed by atoms with Crippen LogP contribution in [-0.4, -0.2) is 40.4 Å². The van der Waals surface area contributed by atoms with Gasteiger partial charge in [-0.05, 0) is 49.4 Å².